The first kappa shape index (κ1) is 30.3. The third kappa shape index (κ3) is 10.5. The summed E-state index contributed by atoms with van der Waals surface area (Å²) in [4.78, 5) is 28.4. The average Bonchev–Trinajstić information content (AvgIpc) is 2.86. The van der Waals surface area contributed by atoms with Gasteiger partial charge in [0.25, 0.3) is 0 Å². The molecule has 2 aromatic rings. The lowest BCUT2D eigenvalue weighted by Gasteiger charge is -2.32. The third-order valence-corrected chi connectivity index (χ3v) is 7.04. The molecule has 2 aromatic carbocycles. The number of amides is 2. The predicted octanol–water partition coefficient (Wildman–Crippen LogP) is 2.46. The maximum atomic E-state index is 13.5. The van der Waals surface area contributed by atoms with Gasteiger partial charge in [0.1, 0.15) is 11.8 Å². The fourth-order valence-electron chi connectivity index (χ4n) is 3.60. The summed E-state index contributed by atoms with van der Waals surface area (Å²) in [5.41, 5.74) is 1.67. The van der Waals surface area contributed by atoms with Gasteiger partial charge in [0.15, 0.2) is 0 Å². The largest absolute Gasteiger partial charge is 0.497 e. The van der Waals surface area contributed by atoms with E-state index in [1.165, 1.54) is 11.9 Å². The molecule has 0 fully saturated rings. The molecule has 0 aliphatic carbocycles. The Kier molecular flexibility index (Phi) is 12.0. The van der Waals surface area contributed by atoms with Crippen LogP contribution < -0.4 is 10.1 Å². The SMILES string of the molecule is COc1ccc(CN(C(=O)CN(C)S(C)(=O)=O)C(Cc2ccccc2)C(=O)NCCCOC(C)C)cc1. The molecule has 1 unspecified atom stereocenters. The van der Waals surface area contributed by atoms with Gasteiger partial charge in [-0.2, -0.15) is 4.31 Å². The molecule has 1 N–H and O–H groups in total. The molecule has 0 radical (unpaired) electrons. The molecule has 1 atom stereocenters. The lowest BCUT2D eigenvalue weighted by molar-refractivity contribution is -0.141. The molecule has 0 aliphatic heterocycles. The van der Waals surface area contributed by atoms with Crippen LogP contribution in [0.25, 0.3) is 0 Å². The molecule has 0 aliphatic rings. The number of carbonyl (C=O) groups is 2. The third-order valence-electron chi connectivity index (χ3n) is 5.78. The van der Waals surface area contributed by atoms with E-state index >= 15 is 0 Å². The minimum absolute atomic E-state index is 0.103. The number of methoxy groups -OCH3 is 1. The van der Waals surface area contributed by atoms with Crippen molar-refractivity contribution in [1.29, 1.82) is 0 Å². The van der Waals surface area contributed by atoms with Gasteiger partial charge in [0, 0.05) is 33.2 Å². The molecule has 0 saturated heterocycles. The van der Waals surface area contributed by atoms with E-state index in [4.69, 9.17) is 9.47 Å². The highest BCUT2D eigenvalue weighted by Gasteiger charge is 2.31. The summed E-state index contributed by atoms with van der Waals surface area (Å²) in [6.45, 7) is 4.55. The van der Waals surface area contributed by atoms with Crippen molar-refractivity contribution in [1.82, 2.24) is 14.5 Å². The van der Waals surface area contributed by atoms with E-state index in [1.54, 1.807) is 19.2 Å². The summed E-state index contributed by atoms with van der Waals surface area (Å²) in [6, 6.07) is 15.8. The highest BCUT2D eigenvalue weighted by Crippen LogP contribution is 2.18. The van der Waals surface area contributed by atoms with Gasteiger partial charge in [-0.1, -0.05) is 42.5 Å². The molecule has 0 heterocycles. The van der Waals surface area contributed by atoms with Crippen LogP contribution in [0.15, 0.2) is 54.6 Å². The normalized spacial score (nSPS) is 12.4. The molecule has 0 aromatic heterocycles. The number of hydrogen-bond donors (Lipinski definition) is 1. The molecule has 37 heavy (non-hydrogen) atoms. The monoisotopic (exact) mass is 533 g/mol. The van der Waals surface area contributed by atoms with Crippen molar-refractivity contribution >= 4 is 21.8 Å². The lowest BCUT2D eigenvalue weighted by Crippen LogP contribution is -2.53. The van der Waals surface area contributed by atoms with Gasteiger partial charge in [-0.15, -0.1) is 0 Å². The highest BCUT2D eigenvalue weighted by molar-refractivity contribution is 7.88. The van der Waals surface area contributed by atoms with Crippen LogP contribution in [0.3, 0.4) is 0 Å². The van der Waals surface area contributed by atoms with Gasteiger partial charge in [0.2, 0.25) is 21.8 Å². The number of nitrogens with one attached hydrogen (secondary N) is 1. The average molecular weight is 534 g/mol. The first-order valence-electron chi connectivity index (χ1n) is 12.3. The molecule has 204 valence electrons. The maximum absolute atomic E-state index is 13.5. The van der Waals surface area contributed by atoms with Crippen LogP contribution in [-0.2, 0) is 37.3 Å². The van der Waals surface area contributed by atoms with Crippen molar-refractivity contribution in [2.45, 2.75) is 45.4 Å². The van der Waals surface area contributed by atoms with E-state index < -0.39 is 22.0 Å². The van der Waals surface area contributed by atoms with E-state index in [9.17, 15) is 18.0 Å². The van der Waals surface area contributed by atoms with Gasteiger partial charge in [-0.3, -0.25) is 9.59 Å². The van der Waals surface area contributed by atoms with Crippen LogP contribution in [0.2, 0.25) is 0 Å². The zero-order valence-corrected chi connectivity index (χ0v) is 23.2. The maximum Gasteiger partial charge on any atom is 0.243 e. The molecule has 0 bridgehead atoms. The molecular formula is C27H39N3O6S. The van der Waals surface area contributed by atoms with Gasteiger partial charge in [0.05, 0.1) is 26.0 Å². The Labute approximate surface area is 220 Å². The second-order valence-electron chi connectivity index (χ2n) is 9.16. The Morgan fingerprint density at radius 1 is 1.00 bits per heavy atom. The number of sulfonamides is 1. The zero-order valence-electron chi connectivity index (χ0n) is 22.3. The van der Waals surface area contributed by atoms with Crippen LogP contribution >= 0.6 is 0 Å². The quantitative estimate of drug-likeness (QED) is 0.353. The molecule has 0 saturated carbocycles. The second-order valence-corrected chi connectivity index (χ2v) is 11.2. The molecule has 9 nitrogen and oxygen atoms in total. The Morgan fingerprint density at radius 2 is 1.65 bits per heavy atom. The number of ether oxygens (including phenoxy) is 2. The number of likely N-dealkylation sites (N-methyl/N-ethyl adjacent to an activating group) is 1. The van der Waals surface area contributed by atoms with Gasteiger partial charge in [-0.05, 0) is 43.5 Å². The summed E-state index contributed by atoms with van der Waals surface area (Å²) >= 11 is 0. The van der Waals surface area contributed by atoms with Crippen LogP contribution in [0.4, 0.5) is 0 Å². The number of nitrogens with zero attached hydrogens (tertiary/aromatic N) is 2. The van der Waals surface area contributed by atoms with Gasteiger partial charge < -0.3 is 19.7 Å². The van der Waals surface area contributed by atoms with Crippen molar-refractivity contribution in [2.75, 3.05) is 40.1 Å². The first-order valence-corrected chi connectivity index (χ1v) is 14.1. The molecule has 2 rings (SSSR count). The Bertz CT molecular complexity index is 1090. The Morgan fingerprint density at radius 3 is 2.22 bits per heavy atom. The van der Waals surface area contributed by atoms with Crippen molar-refractivity contribution < 1.29 is 27.5 Å². The summed E-state index contributed by atoms with van der Waals surface area (Å²) < 4.78 is 35.8. The summed E-state index contributed by atoms with van der Waals surface area (Å²) in [6.07, 6.45) is 2.05. The van der Waals surface area contributed by atoms with Crippen LogP contribution in [0.5, 0.6) is 5.75 Å². The van der Waals surface area contributed by atoms with Crippen molar-refractivity contribution in [3.63, 3.8) is 0 Å². The number of hydrogen-bond acceptors (Lipinski definition) is 6. The summed E-state index contributed by atoms with van der Waals surface area (Å²) in [7, 11) is -0.676. The molecule has 10 heteroatoms. The van der Waals surface area contributed by atoms with Crippen LogP contribution in [0.1, 0.15) is 31.4 Å². The van der Waals surface area contributed by atoms with E-state index in [1.807, 2.05) is 56.3 Å². The minimum atomic E-state index is -3.59. The lowest BCUT2D eigenvalue weighted by atomic mass is 10.0. The highest BCUT2D eigenvalue weighted by atomic mass is 32.2. The number of carbonyl (C=O) groups excluding carboxylic acids is 2. The Balaban J connectivity index is 2.34. The predicted molar refractivity (Wildman–Crippen MR) is 144 cm³/mol. The molecule has 2 amide bonds. The van der Waals surface area contributed by atoms with Gasteiger partial charge in [-0.25, -0.2) is 8.42 Å². The summed E-state index contributed by atoms with van der Waals surface area (Å²) in [5, 5.41) is 2.94. The van der Waals surface area contributed by atoms with Gasteiger partial charge >= 0.3 is 0 Å². The van der Waals surface area contributed by atoms with E-state index in [0.29, 0.717) is 25.3 Å². The minimum Gasteiger partial charge on any atom is -0.497 e. The number of benzene rings is 2. The van der Waals surface area contributed by atoms with Crippen LogP contribution in [0, 0.1) is 0 Å². The van der Waals surface area contributed by atoms with E-state index in [2.05, 4.69) is 5.32 Å². The van der Waals surface area contributed by atoms with Crippen molar-refractivity contribution in [2.24, 2.45) is 0 Å². The first-order chi connectivity index (χ1) is 17.5. The molecule has 0 spiro atoms. The van der Waals surface area contributed by atoms with E-state index in [0.717, 1.165) is 21.7 Å². The van der Waals surface area contributed by atoms with Crippen LogP contribution in [-0.4, -0.2) is 81.7 Å². The molecular weight excluding hydrogens is 494 g/mol. The standard InChI is InChI=1S/C27H39N3O6S/c1-21(2)36-17-9-16-28-27(32)25(18-22-10-7-6-8-11-22)30(26(31)20-29(3)37(5,33)34)19-23-12-14-24(35-4)15-13-23/h6-8,10-15,21,25H,9,16-20H2,1-5H3,(H,28,32). The van der Waals surface area contributed by atoms with E-state index in [-0.39, 0.29) is 31.5 Å². The van der Waals surface area contributed by atoms with Crippen molar-refractivity contribution in [3.8, 4) is 5.75 Å². The number of rotatable bonds is 15. The smallest absolute Gasteiger partial charge is 0.243 e. The fraction of sp³-hybridized carbons (Fsp3) is 0.481. The fourth-order valence-corrected chi connectivity index (χ4v) is 3.95. The Hall–Kier alpha value is -2.95. The second kappa shape index (κ2) is 14.7. The zero-order chi connectivity index (χ0) is 27.4. The van der Waals surface area contributed by atoms with Crippen molar-refractivity contribution in [3.05, 3.63) is 65.7 Å². The summed E-state index contributed by atoms with van der Waals surface area (Å²) in [5.74, 6) is -0.110. The topological polar surface area (TPSA) is 105 Å².